The predicted molar refractivity (Wildman–Crippen MR) is 65.8 cm³/mol. The molecule has 1 aromatic rings. The Labute approximate surface area is 113 Å². The molecule has 0 radical (unpaired) electrons. The van der Waals surface area contributed by atoms with Crippen molar-refractivity contribution >= 4 is 11.7 Å². The van der Waals surface area contributed by atoms with Crippen molar-refractivity contribution in [2.45, 2.75) is 31.5 Å². The Balaban J connectivity index is 2.26. The Hall–Kier alpha value is -1.81. The molecule has 1 aliphatic heterocycles. The standard InChI is InChI=1S/C11H15N3O6/c1-5(16)12-7-2-3-14(11(19)13-7)10-9(18)8(17)6(4-15)20-10/h2-3,6,8-10,15,17-18H,4H2,1H3,(H,12,13,16,19)/t6-,8+,9+,10-/m1/s1. The van der Waals surface area contributed by atoms with Gasteiger partial charge in [0.25, 0.3) is 0 Å². The topological polar surface area (TPSA) is 134 Å². The summed E-state index contributed by atoms with van der Waals surface area (Å²) in [6.07, 6.45) is -3.50. The number of ether oxygens (including phenoxy) is 1. The zero-order valence-corrected chi connectivity index (χ0v) is 10.6. The first kappa shape index (κ1) is 14.6. The van der Waals surface area contributed by atoms with Crippen LogP contribution < -0.4 is 11.0 Å². The number of hydrogen-bond donors (Lipinski definition) is 4. The van der Waals surface area contributed by atoms with E-state index < -0.39 is 36.8 Å². The third-order valence-electron chi connectivity index (χ3n) is 2.93. The largest absolute Gasteiger partial charge is 0.394 e. The van der Waals surface area contributed by atoms with E-state index in [9.17, 15) is 19.8 Å². The van der Waals surface area contributed by atoms with E-state index in [-0.39, 0.29) is 11.7 Å². The van der Waals surface area contributed by atoms with Crippen LogP contribution in [-0.4, -0.2) is 55.7 Å². The molecule has 1 aromatic heterocycles. The summed E-state index contributed by atoms with van der Waals surface area (Å²) >= 11 is 0. The van der Waals surface area contributed by atoms with Crippen molar-refractivity contribution in [3.8, 4) is 0 Å². The highest BCUT2D eigenvalue weighted by Crippen LogP contribution is 2.27. The van der Waals surface area contributed by atoms with E-state index in [1.165, 1.54) is 19.2 Å². The van der Waals surface area contributed by atoms with Crippen molar-refractivity contribution in [3.05, 3.63) is 22.7 Å². The number of hydrogen-bond acceptors (Lipinski definition) is 7. The first-order valence-corrected chi connectivity index (χ1v) is 5.93. The number of anilines is 1. The van der Waals surface area contributed by atoms with Crippen LogP contribution in [0.5, 0.6) is 0 Å². The molecule has 0 spiro atoms. The van der Waals surface area contributed by atoms with E-state index in [1.807, 2.05) is 0 Å². The van der Waals surface area contributed by atoms with Gasteiger partial charge in [0.05, 0.1) is 6.61 Å². The number of aliphatic hydroxyl groups excluding tert-OH is 3. The number of rotatable bonds is 3. The van der Waals surface area contributed by atoms with Gasteiger partial charge in [-0.3, -0.25) is 9.36 Å². The van der Waals surface area contributed by atoms with Gasteiger partial charge in [0, 0.05) is 13.1 Å². The summed E-state index contributed by atoms with van der Waals surface area (Å²) < 4.78 is 6.19. The average molecular weight is 285 g/mol. The number of nitrogens with zero attached hydrogens (tertiary/aromatic N) is 2. The lowest BCUT2D eigenvalue weighted by Crippen LogP contribution is -2.36. The van der Waals surface area contributed by atoms with Crippen LogP contribution in [0, 0.1) is 0 Å². The monoisotopic (exact) mass is 285 g/mol. The van der Waals surface area contributed by atoms with E-state index in [4.69, 9.17) is 9.84 Å². The zero-order valence-electron chi connectivity index (χ0n) is 10.6. The van der Waals surface area contributed by atoms with Crippen LogP contribution >= 0.6 is 0 Å². The number of carbonyl (C=O) groups excluding carboxylic acids is 1. The SMILES string of the molecule is CC(=O)Nc1ccn([C@@H]2O[C@H](CO)[C@H](O)[C@@H]2O)c(=O)n1. The van der Waals surface area contributed by atoms with Crippen molar-refractivity contribution in [2.75, 3.05) is 11.9 Å². The van der Waals surface area contributed by atoms with Gasteiger partial charge in [-0.1, -0.05) is 0 Å². The average Bonchev–Trinajstić information content (AvgIpc) is 2.66. The van der Waals surface area contributed by atoms with Gasteiger partial charge in [-0.15, -0.1) is 0 Å². The number of aromatic nitrogens is 2. The highest BCUT2D eigenvalue weighted by molar-refractivity contribution is 5.87. The van der Waals surface area contributed by atoms with Crippen LogP contribution in [0.3, 0.4) is 0 Å². The molecule has 0 aromatic carbocycles. The molecule has 0 bridgehead atoms. The molecule has 4 atom stereocenters. The lowest BCUT2D eigenvalue weighted by molar-refractivity contribution is -0.114. The Bertz CT molecular complexity index is 559. The molecule has 20 heavy (non-hydrogen) atoms. The minimum absolute atomic E-state index is 0.0745. The maximum Gasteiger partial charge on any atom is 0.351 e. The van der Waals surface area contributed by atoms with Gasteiger partial charge < -0.3 is 25.4 Å². The van der Waals surface area contributed by atoms with Crippen LogP contribution in [0.2, 0.25) is 0 Å². The normalized spacial score (nSPS) is 29.4. The third-order valence-corrected chi connectivity index (χ3v) is 2.93. The lowest BCUT2D eigenvalue weighted by atomic mass is 10.1. The third kappa shape index (κ3) is 2.70. The van der Waals surface area contributed by atoms with Crippen molar-refractivity contribution in [2.24, 2.45) is 0 Å². The molecule has 0 aliphatic carbocycles. The molecule has 2 rings (SSSR count). The second kappa shape index (κ2) is 5.67. The predicted octanol–water partition coefficient (Wildman–Crippen LogP) is -2.19. The Morgan fingerprint density at radius 1 is 1.50 bits per heavy atom. The Morgan fingerprint density at radius 2 is 2.20 bits per heavy atom. The van der Waals surface area contributed by atoms with Crippen LogP contribution in [0.25, 0.3) is 0 Å². The minimum atomic E-state index is -1.36. The van der Waals surface area contributed by atoms with Gasteiger partial charge in [0.1, 0.15) is 24.1 Å². The second-order valence-electron chi connectivity index (χ2n) is 4.41. The fourth-order valence-electron chi connectivity index (χ4n) is 1.97. The van der Waals surface area contributed by atoms with Gasteiger partial charge in [-0.05, 0) is 6.07 Å². The summed E-state index contributed by atoms with van der Waals surface area (Å²) in [5.74, 6) is -0.298. The quantitative estimate of drug-likeness (QED) is 0.495. The first-order chi connectivity index (χ1) is 9.43. The van der Waals surface area contributed by atoms with Gasteiger partial charge in [-0.2, -0.15) is 4.98 Å². The summed E-state index contributed by atoms with van der Waals surface area (Å²) in [7, 11) is 0. The fraction of sp³-hybridized carbons (Fsp3) is 0.545. The number of carbonyl (C=O) groups is 1. The van der Waals surface area contributed by atoms with Crippen LogP contribution in [0.4, 0.5) is 5.82 Å². The van der Waals surface area contributed by atoms with Crippen molar-refractivity contribution in [1.29, 1.82) is 0 Å². The second-order valence-corrected chi connectivity index (χ2v) is 4.41. The zero-order chi connectivity index (χ0) is 14.9. The molecule has 9 nitrogen and oxygen atoms in total. The van der Waals surface area contributed by atoms with Crippen LogP contribution in [0.1, 0.15) is 13.2 Å². The molecule has 1 aliphatic rings. The lowest BCUT2D eigenvalue weighted by Gasteiger charge is -2.17. The van der Waals surface area contributed by atoms with Crippen LogP contribution in [0.15, 0.2) is 17.1 Å². The van der Waals surface area contributed by atoms with Gasteiger partial charge in [0.15, 0.2) is 6.23 Å². The molecule has 4 N–H and O–H groups in total. The molecule has 1 saturated heterocycles. The summed E-state index contributed by atoms with van der Waals surface area (Å²) in [5.41, 5.74) is -0.758. The highest BCUT2D eigenvalue weighted by atomic mass is 16.6. The van der Waals surface area contributed by atoms with Crippen LogP contribution in [-0.2, 0) is 9.53 Å². The number of aliphatic hydroxyl groups is 3. The summed E-state index contributed by atoms with van der Waals surface area (Å²) in [5, 5.41) is 30.8. The van der Waals surface area contributed by atoms with E-state index in [0.29, 0.717) is 0 Å². The molecule has 0 saturated carbocycles. The minimum Gasteiger partial charge on any atom is -0.394 e. The van der Waals surface area contributed by atoms with Gasteiger partial charge in [0.2, 0.25) is 5.91 Å². The molecule has 1 amide bonds. The fourth-order valence-corrected chi connectivity index (χ4v) is 1.97. The van der Waals surface area contributed by atoms with Gasteiger partial charge >= 0.3 is 5.69 Å². The van der Waals surface area contributed by atoms with E-state index in [2.05, 4.69) is 10.3 Å². The molecule has 110 valence electrons. The number of nitrogens with one attached hydrogen (secondary N) is 1. The highest BCUT2D eigenvalue weighted by Gasteiger charge is 2.43. The van der Waals surface area contributed by atoms with Gasteiger partial charge in [-0.25, -0.2) is 4.79 Å². The van der Waals surface area contributed by atoms with E-state index in [0.717, 1.165) is 4.57 Å². The molecular formula is C11H15N3O6. The maximum atomic E-state index is 11.8. The Kier molecular flexibility index (Phi) is 4.14. The summed E-state index contributed by atoms with van der Waals surface area (Å²) in [6, 6.07) is 1.36. The van der Waals surface area contributed by atoms with Crippen molar-refractivity contribution < 1.29 is 24.9 Å². The summed E-state index contributed by atoms with van der Waals surface area (Å²) in [6.45, 7) is 0.792. The molecule has 1 fully saturated rings. The molecule has 2 heterocycles. The van der Waals surface area contributed by atoms with E-state index in [1.54, 1.807) is 0 Å². The molecule has 9 heteroatoms. The van der Waals surface area contributed by atoms with Crippen molar-refractivity contribution in [3.63, 3.8) is 0 Å². The smallest absolute Gasteiger partial charge is 0.351 e. The molecule has 0 unspecified atom stereocenters. The van der Waals surface area contributed by atoms with Crippen molar-refractivity contribution in [1.82, 2.24) is 9.55 Å². The first-order valence-electron chi connectivity index (χ1n) is 5.93. The number of amides is 1. The van der Waals surface area contributed by atoms with E-state index >= 15 is 0 Å². The molecular weight excluding hydrogens is 270 g/mol. The Morgan fingerprint density at radius 3 is 2.70 bits per heavy atom. The summed E-state index contributed by atoms with van der Waals surface area (Å²) in [4.78, 5) is 26.3. The maximum absolute atomic E-state index is 11.8.